The van der Waals surface area contributed by atoms with Crippen LogP contribution in [0, 0.1) is 0 Å². The quantitative estimate of drug-likeness (QED) is 0.836. The highest BCUT2D eigenvalue weighted by Gasteiger charge is 2.25. The minimum atomic E-state index is -0.230. The smallest absolute Gasteiger partial charge is 0.193 e. The molecule has 0 fully saturated rings. The summed E-state index contributed by atoms with van der Waals surface area (Å²) in [5.41, 5.74) is 0.986. The molecule has 0 amide bonds. The highest BCUT2D eigenvalue weighted by atomic mass is 16.5. The molecule has 0 aliphatic carbocycles. The van der Waals surface area contributed by atoms with E-state index in [9.17, 15) is 5.11 Å². The third-order valence-electron chi connectivity index (χ3n) is 3.01. The van der Waals surface area contributed by atoms with Crippen LogP contribution in [0.25, 0.3) is 0 Å². The van der Waals surface area contributed by atoms with E-state index in [2.05, 4.69) is 20.3 Å². The number of aliphatic hydroxyl groups excluding tert-OH is 1. The van der Waals surface area contributed by atoms with Crippen molar-refractivity contribution in [2.45, 2.75) is 12.6 Å². The van der Waals surface area contributed by atoms with Gasteiger partial charge in [0.05, 0.1) is 32.4 Å². The Kier molecular flexibility index (Phi) is 3.04. The van der Waals surface area contributed by atoms with Gasteiger partial charge in [0.15, 0.2) is 5.82 Å². The van der Waals surface area contributed by atoms with Crippen LogP contribution < -0.4 is 9.64 Å². The molecule has 7 nitrogen and oxygen atoms in total. The van der Waals surface area contributed by atoms with E-state index >= 15 is 0 Å². The third-order valence-corrected chi connectivity index (χ3v) is 3.01. The molecule has 19 heavy (non-hydrogen) atoms. The van der Waals surface area contributed by atoms with Crippen LogP contribution in [0.4, 0.5) is 5.69 Å². The number of ether oxygens (including phenoxy) is 1. The number of aliphatic hydroxyl groups is 1. The van der Waals surface area contributed by atoms with Gasteiger partial charge < -0.3 is 14.7 Å². The average molecular weight is 261 g/mol. The molecule has 1 aliphatic rings. The summed E-state index contributed by atoms with van der Waals surface area (Å²) in [5, 5.41) is 21.3. The molecule has 1 aromatic heterocycles. The molecule has 0 radical (unpaired) electrons. The van der Waals surface area contributed by atoms with Gasteiger partial charge in [-0.2, -0.15) is 4.80 Å². The Morgan fingerprint density at radius 3 is 3.00 bits per heavy atom. The summed E-state index contributed by atoms with van der Waals surface area (Å²) >= 11 is 0. The maximum absolute atomic E-state index is 9.31. The first kappa shape index (κ1) is 11.9. The molecule has 100 valence electrons. The summed E-state index contributed by atoms with van der Waals surface area (Å²) in [6.45, 7) is 1.13. The number of nitrogens with zero attached hydrogens (tertiary/aromatic N) is 5. The Morgan fingerprint density at radius 1 is 1.42 bits per heavy atom. The maximum Gasteiger partial charge on any atom is 0.193 e. The number of rotatable bonds is 3. The molecule has 0 spiro atoms. The fourth-order valence-electron chi connectivity index (χ4n) is 2.18. The van der Waals surface area contributed by atoms with Gasteiger partial charge in [-0.25, -0.2) is 0 Å². The molecule has 7 heteroatoms. The first-order valence-electron chi connectivity index (χ1n) is 6.10. The number of aryl methyl sites for hydroxylation is 1. The summed E-state index contributed by atoms with van der Waals surface area (Å²) in [5.74, 6) is 1.42. The zero-order chi connectivity index (χ0) is 13.2. The number of para-hydroxylation sites is 2. The van der Waals surface area contributed by atoms with Gasteiger partial charge in [0.2, 0.25) is 0 Å². The van der Waals surface area contributed by atoms with E-state index < -0.39 is 0 Å². The zero-order valence-electron chi connectivity index (χ0n) is 10.6. The van der Waals surface area contributed by atoms with Crippen LogP contribution in [-0.4, -0.2) is 44.6 Å². The molecular weight excluding hydrogens is 246 g/mol. The molecule has 0 saturated carbocycles. The van der Waals surface area contributed by atoms with E-state index in [1.165, 1.54) is 4.80 Å². The predicted octanol–water partition coefficient (Wildman–Crippen LogP) is -0.0300. The lowest BCUT2D eigenvalue weighted by Gasteiger charge is -2.34. The van der Waals surface area contributed by atoms with E-state index in [-0.39, 0.29) is 12.7 Å². The lowest BCUT2D eigenvalue weighted by atomic mass is 10.2. The van der Waals surface area contributed by atoms with Crippen LogP contribution in [0.3, 0.4) is 0 Å². The van der Waals surface area contributed by atoms with Crippen molar-refractivity contribution in [3.8, 4) is 5.75 Å². The van der Waals surface area contributed by atoms with Crippen molar-refractivity contribution in [1.82, 2.24) is 20.2 Å². The summed E-state index contributed by atoms with van der Waals surface area (Å²) in [4.78, 5) is 3.53. The van der Waals surface area contributed by atoms with Crippen LogP contribution in [0.5, 0.6) is 5.75 Å². The molecule has 2 aromatic rings. The van der Waals surface area contributed by atoms with Gasteiger partial charge in [-0.15, -0.1) is 10.2 Å². The van der Waals surface area contributed by atoms with Crippen molar-refractivity contribution >= 4 is 5.69 Å². The molecule has 1 aliphatic heterocycles. The topological polar surface area (TPSA) is 76.3 Å². The van der Waals surface area contributed by atoms with Gasteiger partial charge in [0.1, 0.15) is 11.9 Å². The van der Waals surface area contributed by atoms with E-state index in [1.807, 2.05) is 24.3 Å². The largest absolute Gasteiger partial charge is 0.484 e. The number of tetrazole rings is 1. The predicted molar refractivity (Wildman–Crippen MR) is 67.8 cm³/mol. The fraction of sp³-hybridized carbons (Fsp3) is 0.417. The molecule has 3 rings (SSSR count). The van der Waals surface area contributed by atoms with Gasteiger partial charge in [-0.1, -0.05) is 12.1 Å². The van der Waals surface area contributed by atoms with Crippen LogP contribution in [0.15, 0.2) is 24.3 Å². The second kappa shape index (κ2) is 4.85. The van der Waals surface area contributed by atoms with Crippen molar-refractivity contribution in [2.24, 2.45) is 7.05 Å². The summed E-state index contributed by atoms with van der Waals surface area (Å²) in [7, 11) is 1.74. The Morgan fingerprint density at radius 2 is 2.26 bits per heavy atom. The lowest BCUT2D eigenvalue weighted by molar-refractivity contribution is 0.112. The number of anilines is 1. The minimum absolute atomic E-state index is 0.0151. The first-order chi connectivity index (χ1) is 9.26. The first-order valence-corrected chi connectivity index (χ1v) is 6.10. The van der Waals surface area contributed by atoms with Crippen molar-refractivity contribution in [3.63, 3.8) is 0 Å². The Bertz CT molecular complexity index is 571. The monoisotopic (exact) mass is 261 g/mol. The summed E-state index contributed by atoms with van der Waals surface area (Å²) in [6.07, 6.45) is -0.230. The molecule has 1 atom stereocenters. The second-order valence-corrected chi connectivity index (χ2v) is 4.47. The lowest BCUT2D eigenvalue weighted by Crippen LogP contribution is -2.41. The van der Waals surface area contributed by atoms with E-state index in [0.717, 1.165) is 11.4 Å². The third kappa shape index (κ3) is 2.37. The highest BCUT2D eigenvalue weighted by Crippen LogP contribution is 2.33. The van der Waals surface area contributed by atoms with Gasteiger partial charge in [0, 0.05) is 0 Å². The minimum Gasteiger partial charge on any atom is -0.484 e. The van der Waals surface area contributed by atoms with Crippen molar-refractivity contribution < 1.29 is 9.84 Å². The van der Waals surface area contributed by atoms with Gasteiger partial charge >= 0.3 is 0 Å². The maximum atomic E-state index is 9.31. The summed E-state index contributed by atoms with van der Waals surface area (Å²) in [6, 6.07) is 7.75. The van der Waals surface area contributed by atoms with E-state index in [1.54, 1.807) is 7.05 Å². The molecule has 1 unspecified atom stereocenters. The van der Waals surface area contributed by atoms with Crippen LogP contribution in [0.1, 0.15) is 5.82 Å². The van der Waals surface area contributed by atoms with Crippen LogP contribution >= 0.6 is 0 Å². The number of fused-ring (bicyclic) bond motifs is 1. The standard InChI is InChI=1S/C12H15N5O2/c1-16-14-12(13-15-16)7-17-6-9(8-18)19-11-5-3-2-4-10(11)17/h2-5,9,18H,6-8H2,1H3. The molecule has 0 bridgehead atoms. The van der Waals surface area contributed by atoms with Gasteiger partial charge in [-0.3, -0.25) is 0 Å². The van der Waals surface area contributed by atoms with Gasteiger partial charge in [0.25, 0.3) is 0 Å². The SMILES string of the molecule is Cn1nnc(CN2CC(CO)Oc3ccccc32)n1. The van der Waals surface area contributed by atoms with E-state index in [4.69, 9.17) is 4.74 Å². The number of benzene rings is 1. The number of aromatic nitrogens is 4. The molecule has 1 N–H and O–H groups in total. The molecule has 2 heterocycles. The fourth-order valence-corrected chi connectivity index (χ4v) is 2.18. The zero-order valence-corrected chi connectivity index (χ0v) is 10.6. The Hall–Kier alpha value is -2.15. The van der Waals surface area contributed by atoms with Crippen LogP contribution in [-0.2, 0) is 13.6 Å². The molecule has 1 aromatic carbocycles. The average Bonchev–Trinajstić information content (AvgIpc) is 2.84. The number of hydrogen-bond donors (Lipinski definition) is 1. The Labute approximate surface area is 110 Å². The normalized spacial score (nSPS) is 18.0. The van der Waals surface area contributed by atoms with Crippen molar-refractivity contribution in [2.75, 3.05) is 18.1 Å². The Balaban J connectivity index is 1.87. The highest BCUT2D eigenvalue weighted by molar-refractivity contribution is 5.60. The van der Waals surface area contributed by atoms with E-state index in [0.29, 0.717) is 18.9 Å². The number of hydrogen-bond acceptors (Lipinski definition) is 6. The van der Waals surface area contributed by atoms with Crippen molar-refractivity contribution in [1.29, 1.82) is 0 Å². The van der Waals surface area contributed by atoms with Gasteiger partial charge in [-0.05, 0) is 17.3 Å². The van der Waals surface area contributed by atoms with Crippen molar-refractivity contribution in [3.05, 3.63) is 30.1 Å². The van der Waals surface area contributed by atoms with Crippen LogP contribution in [0.2, 0.25) is 0 Å². The molecular formula is C12H15N5O2. The second-order valence-electron chi connectivity index (χ2n) is 4.47. The summed E-state index contributed by atoms with van der Waals surface area (Å²) < 4.78 is 5.70. The molecule has 0 saturated heterocycles.